The quantitative estimate of drug-likeness (QED) is 0.700. The number of urea groups is 1. The lowest BCUT2D eigenvalue weighted by atomic mass is 10.1. The summed E-state index contributed by atoms with van der Waals surface area (Å²) in [6.07, 6.45) is 0. The van der Waals surface area contributed by atoms with Crippen LogP contribution >= 0.6 is 23.2 Å². The molecule has 0 fully saturated rings. The molecule has 146 valence electrons. The molecule has 1 rings (SSSR count). The Bertz CT molecular complexity index is 652. The van der Waals surface area contributed by atoms with Crippen molar-refractivity contribution in [2.45, 2.75) is 58.8 Å². The van der Waals surface area contributed by atoms with Crippen LogP contribution in [0.4, 0.5) is 10.5 Å². The predicted octanol–water partition coefficient (Wildman–Crippen LogP) is 4.64. The van der Waals surface area contributed by atoms with Crippen LogP contribution in [-0.2, 0) is 14.3 Å². The first kappa shape index (κ1) is 22.5. The minimum atomic E-state index is -0.973. The number of anilines is 1. The van der Waals surface area contributed by atoms with Crippen LogP contribution in [0.1, 0.15) is 41.5 Å². The molecule has 0 saturated carbocycles. The Morgan fingerprint density at radius 1 is 1.08 bits per heavy atom. The van der Waals surface area contributed by atoms with Crippen molar-refractivity contribution in [3.8, 4) is 0 Å². The minimum Gasteiger partial charge on any atom is -0.458 e. The zero-order valence-corrected chi connectivity index (χ0v) is 17.4. The lowest BCUT2D eigenvalue weighted by molar-refractivity contribution is -0.160. The number of amides is 2. The summed E-state index contributed by atoms with van der Waals surface area (Å²) in [5, 5.41) is 5.87. The van der Waals surface area contributed by atoms with Gasteiger partial charge < -0.3 is 20.1 Å². The molecule has 0 spiro atoms. The second-order valence-corrected chi connectivity index (χ2v) is 8.58. The fraction of sp³-hybridized carbons (Fsp3) is 0.556. The Balaban J connectivity index is 2.82. The number of hydrogen-bond donors (Lipinski definition) is 2. The lowest BCUT2D eigenvalue weighted by Gasteiger charge is -2.27. The van der Waals surface area contributed by atoms with E-state index in [1.807, 2.05) is 20.8 Å². The average Bonchev–Trinajstić information content (AvgIpc) is 2.43. The molecule has 6 nitrogen and oxygen atoms in total. The molecule has 0 radical (unpaired) electrons. The molecule has 26 heavy (non-hydrogen) atoms. The zero-order chi connectivity index (χ0) is 20.1. The van der Waals surface area contributed by atoms with Gasteiger partial charge in [0.25, 0.3) is 0 Å². The molecule has 0 aliphatic heterocycles. The van der Waals surface area contributed by atoms with E-state index in [4.69, 9.17) is 32.7 Å². The number of hydrogen-bond acceptors (Lipinski definition) is 4. The molecule has 1 aromatic carbocycles. The summed E-state index contributed by atoms with van der Waals surface area (Å²) in [4.78, 5) is 24.7. The summed E-state index contributed by atoms with van der Waals surface area (Å²) < 4.78 is 11.0. The van der Waals surface area contributed by atoms with E-state index in [0.29, 0.717) is 10.7 Å². The Labute approximate surface area is 164 Å². The van der Waals surface area contributed by atoms with Gasteiger partial charge in [-0.3, -0.25) is 0 Å². The monoisotopic (exact) mass is 404 g/mol. The molecule has 0 heterocycles. The highest BCUT2D eigenvalue weighted by Crippen LogP contribution is 2.25. The number of ether oxygens (including phenoxy) is 2. The topological polar surface area (TPSA) is 76.7 Å². The first-order chi connectivity index (χ1) is 11.8. The van der Waals surface area contributed by atoms with Crippen LogP contribution in [-0.4, -0.2) is 35.9 Å². The van der Waals surface area contributed by atoms with Crippen LogP contribution in [0.2, 0.25) is 10.0 Å². The summed E-state index contributed by atoms with van der Waals surface area (Å²) in [6, 6.07) is 3.09. The first-order valence-corrected chi connectivity index (χ1v) is 8.92. The maximum Gasteiger partial charge on any atom is 0.331 e. The summed E-state index contributed by atoms with van der Waals surface area (Å²) in [5.74, 6) is -0.584. The highest BCUT2D eigenvalue weighted by Gasteiger charge is 2.28. The van der Waals surface area contributed by atoms with Gasteiger partial charge in [0.1, 0.15) is 5.60 Å². The fourth-order valence-electron chi connectivity index (χ4n) is 1.78. The van der Waals surface area contributed by atoms with E-state index >= 15 is 0 Å². The maximum absolute atomic E-state index is 12.4. The van der Waals surface area contributed by atoms with Crippen LogP contribution in [0.3, 0.4) is 0 Å². The van der Waals surface area contributed by atoms with Gasteiger partial charge in [0.2, 0.25) is 0 Å². The summed E-state index contributed by atoms with van der Waals surface area (Å²) in [5.41, 5.74) is -0.791. The Hall–Kier alpha value is -1.50. The van der Waals surface area contributed by atoms with Crippen molar-refractivity contribution in [3.63, 3.8) is 0 Å². The van der Waals surface area contributed by atoms with Crippen LogP contribution in [0.25, 0.3) is 0 Å². The summed E-state index contributed by atoms with van der Waals surface area (Å²) in [7, 11) is 0. The van der Waals surface area contributed by atoms with Gasteiger partial charge in [-0.1, -0.05) is 23.2 Å². The van der Waals surface area contributed by atoms with E-state index in [1.165, 1.54) is 6.07 Å². The molecule has 8 heteroatoms. The van der Waals surface area contributed by atoms with E-state index in [2.05, 4.69) is 10.6 Å². The minimum absolute atomic E-state index is 0.0276. The van der Waals surface area contributed by atoms with E-state index in [1.54, 1.807) is 32.9 Å². The number of rotatable bonds is 5. The van der Waals surface area contributed by atoms with Gasteiger partial charge in [0.05, 0.1) is 22.9 Å². The molecule has 0 saturated heterocycles. The van der Waals surface area contributed by atoms with E-state index in [0.717, 1.165) is 0 Å². The number of nitrogens with one attached hydrogen (secondary N) is 2. The smallest absolute Gasteiger partial charge is 0.331 e. The van der Waals surface area contributed by atoms with Gasteiger partial charge in [0, 0.05) is 5.02 Å². The van der Waals surface area contributed by atoms with Crippen molar-refractivity contribution >= 4 is 40.9 Å². The van der Waals surface area contributed by atoms with Crippen molar-refractivity contribution in [1.82, 2.24) is 5.32 Å². The van der Waals surface area contributed by atoms with Gasteiger partial charge in [-0.25, -0.2) is 9.59 Å². The molecule has 0 bridgehead atoms. The fourth-order valence-corrected chi connectivity index (χ4v) is 2.24. The molecular formula is C18H26Cl2N2O4. The van der Waals surface area contributed by atoms with Gasteiger partial charge in [0.15, 0.2) is 6.04 Å². The van der Waals surface area contributed by atoms with E-state index in [9.17, 15) is 9.59 Å². The molecule has 1 atom stereocenters. The van der Waals surface area contributed by atoms with Crippen LogP contribution in [0.15, 0.2) is 18.2 Å². The van der Waals surface area contributed by atoms with Gasteiger partial charge in [-0.2, -0.15) is 0 Å². The molecule has 2 amide bonds. The predicted molar refractivity (Wildman–Crippen MR) is 104 cm³/mol. The molecular weight excluding hydrogens is 379 g/mol. The van der Waals surface area contributed by atoms with Crippen molar-refractivity contribution < 1.29 is 19.1 Å². The van der Waals surface area contributed by atoms with Gasteiger partial charge in [-0.05, 0) is 59.7 Å². The highest BCUT2D eigenvalue weighted by atomic mass is 35.5. The third-order valence-electron chi connectivity index (χ3n) is 2.86. The van der Waals surface area contributed by atoms with Crippen molar-refractivity contribution in [2.24, 2.45) is 0 Å². The number of halogens is 2. The highest BCUT2D eigenvalue weighted by molar-refractivity contribution is 6.36. The standard InChI is InChI=1S/C18H26Cl2N2O4/c1-17(2,3)25-10-14(15(23)26-18(4,5)6)22-16(24)21-13-8-7-11(19)9-12(13)20/h7-9,14H,10H2,1-6H3,(H2,21,22,24). The van der Waals surface area contributed by atoms with Crippen molar-refractivity contribution in [2.75, 3.05) is 11.9 Å². The zero-order valence-electron chi connectivity index (χ0n) is 15.9. The molecule has 1 aromatic rings. The third kappa shape index (κ3) is 8.74. The number of carbonyl (C=O) groups excluding carboxylic acids is 2. The Morgan fingerprint density at radius 2 is 1.69 bits per heavy atom. The Kier molecular flexibility index (Phi) is 7.74. The van der Waals surface area contributed by atoms with Crippen LogP contribution in [0.5, 0.6) is 0 Å². The van der Waals surface area contributed by atoms with E-state index in [-0.39, 0.29) is 11.6 Å². The normalized spacial score (nSPS) is 13.1. The molecule has 0 aliphatic carbocycles. The molecule has 0 aromatic heterocycles. The van der Waals surface area contributed by atoms with Gasteiger partial charge in [-0.15, -0.1) is 0 Å². The lowest BCUT2D eigenvalue weighted by Crippen LogP contribution is -2.49. The van der Waals surface area contributed by atoms with Crippen LogP contribution < -0.4 is 10.6 Å². The second kappa shape index (κ2) is 8.93. The summed E-state index contributed by atoms with van der Waals surface area (Å²) in [6.45, 7) is 10.8. The molecule has 2 N–H and O–H groups in total. The largest absolute Gasteiger partial charge is 0.458 e. The number of esters is 1. The van der Waals surface area contributed by atoms with Gasteiger partial charge >= 0.3 is 12.0 Å². The molecule has 0 aliphatic rings. The van der Waals surface area contributed by atoms with E-state index < -0.39 is 29.2 Å². The SMILES string of the molecule is CC(C)(C)OCC(NC(=O)Nc1ccc(Cl)cc1Cl)C(=O)OC(C)(C)C. The Morgan fingerprint density at radius 3 is 2.19 bits per heavy atom. The van der Waals surface area contributed by atoms with Crippen molar-refractivity contribution in [3.05, 3.63) is 28.2 Å². The van der Waals surface area contributed by atoms with Crippen molar-refractivity contribution in [1.29, 1.82) is 0 Å². The summed E-state index contributed by atoms with van der Waals surface area (Å²) >= 11 is 11.9. The number of carbonyl (C=O) groups is 2. The maximum atomic E-state index is 12.4. The molecule has 1 unspecified atom stereocenters. The second-order valence-electron chi connectivity index (χ2n) is 7.73. The average molecular weight is 405 g/mol. The number of benzene rings is 1. The van der Waals surface area contributed by atoms with Crippen LogP contribution in [0, 0.1) is 0 Å². The third-order valence-corrected chi connectivity index (χ3v) is 3.41. The first-order valence-electron chi connectivity index (χ1n) is 8.16.